The molecule has 2 rings (SSSR count). The zero-order valence-electron chi connectivity index (χ0n) is 76.2. The molecule has 0 saturated carbocycles. The molecule has 31 N–H and O–H groups in total. The second kappa shape index (κ2) is 57.1. The number of carbonyl (C=O) groups excluding carboxylic acids is 18. The number of primary amides is 2. The SMILES string of the molecule is CC[C@H](C)[C@H](NC(=O)[C@H](CCCN=C(N)N)NC(=O)[C@@H]1CCCN1C(=O)[C@H](CC(=O)O)NC(=O)[C@H](CC(C)C)NC(=O)[C@H](Cc1ccc(P(=O)(O)O)cc1)NC(=O)[C@H](CC(N)=O)NC(=O)[C@H](CC(C)C)NC(=O)[C@H](CCCCN)NC(=O)[C@H](CO)NC(=O)[C@@H](NC(=O)CNC(=O)[C@H](CC(C)C)NC(=O)[C@H](CS)NC(C)=O)[C@@H](C)O)C(=O)N[C@H](C(=O)N[C@H](C(N)=O)C(C)C)[C@@H](C)O. The molecule has 0 radical (unpaired) electrons. The third-order valence-corrected chi connectivity index (χ3v) is 22.1. The Kier molecular flexibility index (Phi) is 50.5. The van der Waals surface area contributed by atoms with Crippen molar-refractivity contribution >= 4 is 144 Å². The Morgan fingerprint density at radius 2 is 0.931 bits per heavy atom. The molecule has 1 aromatic rings. The number of amides is 18. The number of nitrogens with zero attached hydrogens (tertiary/aromatic N) is 2. The molecule has 131 heavy (non-hydrogen) atoms. The van der Waals surface area contributed by atoms with E-state index >= 15 is 0 Å². The highest BCUT2D eigenvalue weighted by atomic mass is 32.1. The van der Waals surface area contributed by atoms with Gasteiger partial charge in [0, 0.05) is 32.2 Å². The molecule has 50 heteroatoms. The van der Waals surface area contributed by atoms with Crippen molar-refractivity contribution in [1.29, 1.82) is 0 Å². The predicted octanol–water partition coefficient (Wildman–Crippen LogP) is -8.51. The number of aliphatic hydroxyl groups excluding tert-OH is 3. The van der Waals surface area contributed by atoms with Crippen molar-refractivity contribution in [3.63, 3.8) is 0 Å². The van der Waals surface area contributed by atoms with Gasteiger partial charge in [-0.25, -0.2) is 0 Å². The summed E-state index contributed by atoms with van der Waals surface area (Å²) in [5, 5.41) is 78.0. The lowest BCUT2D eigenvalue weighted by Crippen LogP contribution is -2.62. The number of aliphatic imine (C=N–C) groups is 1. The number of aliphatic hydroxyl groups is 3. The normalized spacial score (nSPS) is 16.5. The first-order valence-electron chi connectivity index (χ1n) is 43.2. The van der Waals surface area contributed by atoms with E-state index in [1.54, 1.807) is 69.2 Å². The van der Waals surface area contributed by atoms with E-state index in [9.17, 15) is 126 Å². The van der Waals surface area contributed by atoms with Gasteiger partial charge in [0.25, 0.3) is 0 Å². The Morgan fingerprint density at radius 3 is 1.40 bits per heavy atom. The molecule has 1 aliphatic rings. The van der Waals surface area contributed by atoms with Crippen molar-refractivity contribution in [2.24, 2.45) is 63.3 Å². The van der Waals surface area contributed by atoms with Crippen LogP contribution in [0, 0.1) is 29.6 Å². The Bertz CT molecular complexity index is 4170. The first-order chi connectivity index (χ1) is 61.1. The molecule has 1 fully saturated rings. The summed E-state index contributed by atoms with van der Waals surface area (Å²) in [6.07, 6.45) is -6.23. The van der Waals surface area contributed by atoms with E-state index in [-0.39, 0.29) is 113 Å². The Hall–Kier alpha value is -11.2. The zero-order chi connectivity index (χ0) is 99.8. The lowest BCUT2D eigenvalue weighted by atomic mass is 9.96. The van der Waals surface area contributed by atoms with Gasteiger partial charge in [0.1, 0.15) is 90.6 Å². The number of carboxylic acid groups (broad SMARTS) is 1. The largest absolute Gasteiger partial charge is 0.481 e. The minimum atomic E-state index is -4.90. The summed E-state index contributed by atoms with van der Waals surface area (Å²) in [7, 11) is -4.90. The molecule has 0 unspecified atom stereocenters. The van der Waals surface area contributed by atoms with Crippen LogP contribution in [0.25, 0.3) is 0 Å². The van der Waals surface area contributed by atoms with E-state index in [0.717, 1.165) is 24.0 Å². The van der Waals surface area contributed by atoms with Crippen LogP contribution in [-0.2, 0) is 102 Å². The second-order valence-electron chi connectivity index (χ2n) is 33.9. The molecule has 18 amide bonds. The van der Waals surface area contributed by atoms with Crippen molar-refractivity contribution < 1.29 is 126 Å². The molecule has 1 heterocycles. The van der Waals surface area contributed by atoms with Crippen LogP contribution in [-0.4, -0.2) is 295 Å². The number of nitrogens with one attached hydrogen (secondary N) is 15. The van der Waals surface area contributed by atoms with Gasteiger partial charge in [0.15, 0.2) is 5.96 Å². The smallest absolute Gasteiger partial charge is 0.356 e. The van der Waals surface area contributed by atoms with E-state index in [0.29, 0.717) is 0 Å². The van der Waals surface area contributed by atoms with Crippen LogP contribution < -0.4 is 114 Å². The number of likely N-dealkylation sites (tertiary alicyclic amines) is 1. The van der Waals surface area contributed by atoms with Gasteiger partial charge in [0.05, 0.1) is 43.5 Å². The number of hydrogen-bond donors (Lipinski definition) is 27. The maximum Gasteiger partial charge on any atom is 0.356 e. The maximum absolute atomic E-state index is 15.0. The van der Waals surface area contributed by atoms with Gasteiger partial charge in [0.2, 0.25) is 106 Å². The topological polar surface area (TPSA) is 789 Å². The predicted molar refractivity (Wildman–Crippen MR) is 477 cm³/mol. The number of carbonyl (C=O) groups is 19. The molecule has 18 atom stereocenters. The second-order valence-corrected chi connectivity index (χ2v) is 35.9. The highest BCUT2D eigenvalue weighted by Gasteiger charge is 2.44. The van der Waals surface area contributed by atoms with Gasteiger partial charge in [-0.15, -0.1) is 0 Å². The lowest BCUT2D eigenvalue weighted by molar-refractivity contribution is -0.146. The first-order valence-corrected chi connectivity index (χ1v) is 45.4. The van der Waals surface area contributed by atoms with Gasteiger partial charge < -0.3 is 144 Å². The standard InChI is InChI=1S/C81H137N22O26PS/c1-14-42(10)63(77(123)102-65(44(12)106)79(125)100-62(41(8)9)66(84)112)101-69(115)49(20-17-27-87-81(85)86)91-76(122)58-21-18-28-103(58)80(126)55(34-61(110)111)97-71(117)52(31-40(6)7)94-72(118)53(32-46-22-24-47(25-23-46)130(127,128)129)95-73(119)54(33-59(83)108)96-70(116)51(30-39(4)5)93-68(114)48(19-15-16-26-82)90-74(120)56(36-104)98-78(124)64(43(11)105)99-60(109)35-88-67(113)50(29-38(2)3)92-75(121)57(37-131)89-45(13)107/h22-25,38-44,48-58,62-65,104-106,131H,14-21,26-37,82H2,1-13H3,(H2,83,108)(H2,84,112)(H,88,113)(H,89,107)(H,90,120)(H,91,122)(H,92,121)(H,93,114)(H,94,118)(H,95,119)(H,96,116)(H,97,117)(H,98,124)(H,99,109)(H,100,125)(H,101,115)(H,102,123)(H,110,111)(H4,85,86,87)(H2,127,128,129)/t42-,43+,44+,48-,49-,50-,51-,52-,53-,54-,55-,56-,57-,58-,62-,63-,64-,65-/m0/s1. The average Bonchev–Trinajstić information content (AvgIpc) is 1.54. The molecular formula is C81H137N22O26PS. The number of thiol groups is 1. The van der Waals surface area contributed by atoms with Gasteiger partial charge >= 0.3 is 13.6 Å². The van der Waals surface area contributed by atoms with E-state index in [1.807, 2.05) is 0 Å². The summed E-state index contributed by atoms with van der Waals surface area (Å²) in [5.74, 6) is -23.2. The van der Waals surface area contributed by atoms with E-state index < -0.39 is 284 Å². The minimum absolute atomic E-state index is 0.0190. The van der Waals surface area contributed by atoms with Crippen molar-refractivity contribution in [3.8, 4) is 0 Å². The monoisotopic (exact) mass is 1900 g/mol. The summed E-state index contributed by atoms with van der Waals surface area (Å²) in [6, 6.07) is -20.0. The highest BCUT2D eigenvalue weighted by Crippen LogP contribution is 2.33. The zero-order valence-corrected chi connectivity index (χ0v) is 78.0. The Balaban J connectivity index is 2.62. The number of guanidine groups is 1. The summed E-state index contributed by atoms with van der Waals surface area (Å²) < 4.78 is 12.3. The summed E-state index contributed by atoms with van der Waals surface area (Å²) in [4.78, 5) is 287. The summed E-state index contributed by atoms with van der Waals surface area (Å²) >= 11 is 4.08. The van der Waals surface area contributed by atoms with Crippen molar-refractivity contribution in [1.82, 2.24) is 84.7 Å². The van der Waals surface area contributed by atoms with Crippen molar-refractivity contribution in [3.05, 3.63) is 29.8 Å². The molecule has 0 bridgehead atoms. The molecule has 1 aromatic carbocycles. The van der Waals surface area contributed by atoms with Crippen LogP contribution in [0.15, 0.2) is 29.3 Å². The fourth-order valence-electron chi connectivity index (χ4n) is 13.6. The average molecular weight is 1900 g/mol. The van der Waals surface area contributed by atoms with E-state index in [2.05, 4.69) is 97.4 Å². The third-order valence-electron chi connectivity index (χ3n) is 20.7. The summed E-state index contributed by atoms with van der Waals surface area (Å²) in [5.41, 5.74) is 28.1. The molecule has 1 saturated heterocycles. The Morgan fingerprint density at radius 1 is 0.504 bits per heavy atom. The number of rotatable bonds is 59. The number of carboxylic acids is 1. The lowest BCUT2D eigenvalue weighted by Gasteiger charge is -2.31. The molecule has 0 spiro atoms. The number of benzene rings is 1. The fraction of sp³-hybridized carbons (Fsp3) is 0.679. The molecule has 0 aromatic heterocycles. The molecule has 0 aliphatic carbocycles. The minimum Gasteiger partial charge on any atom is -0.481 e. The molecule has 48 nitrogen and oxygen atoms in total. The highest BCUT2D eigenvalue weighted by molar-refractivity contribution is 7.80. The third kappa shape index (κ3) is 41.4. The Labute approximate surface area is 765 Å². The first kappa shape index (κ1) is 116. The van der Waals surface area contributed by atoms with Crippen molar-refractivity contribution in [2.45, 2.75) is 283 Å². The van der Waals surface area contributed by atoms with Crippen LogP contribution in [0.1, 0.15) is 179 Å². The quantitative estimate of drug-likeness (QED) is 0.00947. The van der Waals surface area contributed by atoms with Gasteiger partial charge in [-0.3, -0.25) is 101 Å². The molecular weight excluding hydrogens is 1760 g/mol. The van der Waals surface area contributed by atoms with Gasteiger partial charge in [-0.2, -0.15) is 12.6 Å². The van der Waals surface area contributed by atoms with Crippen LogP contribution in [0.3, 0.4) is 0 Å². The van der Waals surface area contributed by atoms with Crippen LogP contribution in [0.5, 0.6) is 0 Å². The number of nitrogens with two attached hydrogens (primary N) is 5. The number of hydrogen-bond acceptors (Lipinski definition) is 26. The fourth-order valence-corrected chi connectivity index (χ4v) is 14.4. The van der Waals surface area contributed by atoms with Crippen LogP contribution >= 0.6 is 20.2 Å². The van der Waals surface area contributed by atoms with Gasteiger partial charge in [-0.1, -0.05) is 87.8 Å². The van der Waals surface area contributed by atoms with Gasteiger partial charge in [-0.05, 0) is 132 Å². The number of aliphatic carboxylic acids is 1. The molecule has 1 aliphatic heterocycles. The van der Waals surface area contributed by atoms with Crippen molar-refractivity contribution in [2.75, 3.05) is 38.5 Å². The van der Waals surface area contributed by atoms with E-state index in [4.69, 9.17) is 28.7 Å². The number of unbranched alkanes of at least 4 members (excludes halogenated alkanes) is 1. The van der Waals surface area contributed by atoms with Crippen LogP contribution in [0.4, 0.5) is 0 Å². The summed E-state index contributed by atoms with van der Waals surface area (Å²) in [6.45, 7) is 17.7. The van der Waals surface area contributed by atoms with E-state index in [1.165, 1.54) is 26.0 Å². The molecule has 738 valence electrons. The van der Waals surface area contributed by atoms with Crippen LogP contribution in [0.2, 0.25) is 0 Å². The maximum atomic E-state index is 15.0.